The molecule has 5 rings (SSSR count). The second-order valence-electron chi connectivity index (χ2n) is 4.16. The molecule has 5 aromatic rings. The summed E-state index contributed by atoms with van der Waals surface area (Å²) in [4.78, 5) is 11.1. The molecule has 0 aliphatic carbocycles. The van der Waals surface area contributed by atoms with Crippen LogP contribution in [0.1, 0.15) is 0 Å². The molecule has 0 aliphatic rings. The Bertz CT molecular complexity index is 595. The van der Waals surface area contributed by atoms with Crippen molar-refractivity contribution in [2.24, 2.45) is 0 Å². The minimum Gasteiger partial charge on any atom is -0.265 e. The van der Waals surface area contributed by atoms with E-state index in [2.05, 4.69) is 56.0 Å². The molecule has 0 radical (unpaired) electrons. The van der Waals surface area contributed by atoms with E-state index in [1.54, 1.807) is 68.0 Å². The number of aromatic nitrogens is 11. The van der Waals surface area contributed by atoms with Crippen molar-refractivity contribution in [2.75, 3.05) is 0 Å². The monoisotopic (exact) mass is 377 g/mol. The topological polar surface area (TPSA) is 148 Å². The molecule has 2 N–H and O–H groups in total. The maximum atomic E-state index is 3.78. The van der Waals surface area contributed by atoms with Crippen molar-refractivity contribution in [2.45, 2.75) is 0 Å². The molecular weight excluding hydrogens is 358 g/mol. The van der Waals surface area contributed by atoms with Crippen LogP contribution in [0.3, 0.4) is 0 Å². The lowest BCUT2D eigenvalue weighted by atomic mass is 10.5. The first-order valence-electron chi connectivity index (χ1n) is 7.86. The number of aromatic amines is 2. The van der Waals surface area contributed by atoms with Gasteiger partial charge in [0, 0.05) is 37.2 Å². The number of nitrogens with zero attached hydrogens (tertiary/aromatic N) is 9. The predicted molar refractivity (Wildman–Crippen MR) is 101 cm³/mol. The average Bonchev–Trinajstić information content (AvgIpc) is 3.58. The molecule has 5 heterocycles. The summed E-state index contributed by atoms with van der Waals surface area (Å²) in [6.45, 7) is 0. The highest BCUT2D eigenvalue weighted by Gasteiger charge is 1.60. The summed E-state index contributed by atoms with van der Waals surface area (Å²) in [7, 11) is 0. The first-order chi connectivity index (χ1) is 14.0. The third-order valence-corrected chi connectivity index (χ3v) is 2.19. The fourth-order valence-corrected chi connectivity index (χ4v) is 1.15. The molecular formula is C17H19N11. The van der Waals surface area contributed by atoms with Gasteiger partial charge in [-0.15, -0.1) is 0 Å². The predicted octanol–water partition coefficient (Wildman–Crippen LogP) is 1.64. The van der Waals surface area contributed by atoms with Crippen LogP contribution in [0, 0.1) is 0 Å². The van der Waals surface area contributed by atoms with Crippen LogP contribution in [0.5, 0.6) is 0 Å². The molecule has 0 aliphatic heterocycles. The van der Waals surface area contributed by atoms with E-state index in [9.17, 15) is 0 Å². The van der Waals surface area contributed by atoms with E-state index in [1.165, 1.54) is 6.33 Å². The van der Waals surface area contributed by atoms with Gasteiger partial charge in [-0.3, -0.25) is 4.98 Å². The van der Waals surface area contributed by atoms with Gasteiger partial charge < -0.3 is 0 Å². The third kappa shape index (κ3) is 16.4. The lowest BCUT2D eigenvalue weighted by Crippen LogP contribution is -1.69. The van der Waals surface area contributed by atoms with Crippen LogP contribution in [-0.4, -0.2) is 56.0 Å². The summed E-state index contributed by atoms with van der Waals surface area (Å²) >= 11 is 0. The lowest BCUT2D eigenvalue weighted by molar-refractivity contribution is 0.940. The molecule has 11 nitrogen and oxygen atoms in total. The summed E-state index contributed by atoms with van der Waals surface area (Å²) in [5, 5.41) is 25.7. The molecule has 0 amide bonds. The molecule has 0 atom stereocenters. The van der Waals surface area contributed by atoms with Crippen molar-refractivity contribution in [3.63, 3.8) is 0 Å². The summed E-state index contributed by atoms with van der Waals surface area (Å²) in [6, 6.07) is 11.1. The van der Waals surface area contributed by atoms with Crippen molar-refractivity contribution in [3.05, 3.63) is 105 Å². The van der Waals surface area contributed by atoms with Crippen LogP contribution in [0.2, 0.25) is 0 Å². The Labute approximate surface area is 161 Å². The molecule has 0 spiro atoms. The van der Waals surface area contributed by atoms with Crippen molar-refractivity contribution in [3.8, 4) is 0 Å². The molecule has 0 bridgehead atoms. The smallest absolute Gasteiger partial charge is 0.115 e. The third-order valence-electron chi connectivity index (χ3n) is 2.19. The number of rotatable bonds is 0. The Kier molecular flexibility index (Phi) is 14.6. The van der Waals surface area contributed by atoms with Gasteiger partial charge in [0.2, 0.25) is 0 Å². The SMILES string of the molecule is c1ccncc1.c1ccnnc1.c1cn[nH]n1.c1cn[nH]n1.c1cncnc1. The van der Waals surface area contributed by atoms with Crippen molar-refractivity contribution in [1.29, 1.82) is 0 Å². The van der Waals surface area contributed by atoms with Crippen LogP contribution < -0.4 is 0 Å². The van der Waals surface area contributed by atoms with Gasteiger partial charge in [0.15, 0.2) is 0 Å². The quantitative estimate of drug-likeness (QED) is 0.411. The number of hydrogen-bond acceptors (Lipinski definition) is 9. The van der Waals surface area contributed by atoms with Crippen molar-refractivity contribution < 1.29 is 0 Å². The van der Waals surface area contributed by atoms with Gasteiger partial charge in [-0.25, -0.2) is 9.97 Å². The van der Waals surface area contributed by atoms with Gasteiger partial charge in [-0.2, -0.15) is 41.0 Å². The number of nitrogens with one attached hydrogen (secondary N) is 2. The summed E-state index contributed by atoms with van der Waals surface area (Å²) in [5.41, 5.74) is 0. The minimum atomic E-state index is 1.50. The van der Waals surface area contributed by atoms with Gasteiger partial charge in [0.1, 0.15) is 6.33 Å². The first kappa shape index (κ1) is 21.6. The zero-order valence-electron chi connectivity index (χ0n) is 14.8. The van der Waals surface area contributed by atoms with E-state index in [-0.39, 0.29) is 0 Å². The van der Waals surface area contributed by atoms with E-state index in [0.29, 0.717) is 0 Å². The fraction of sp³-hybridized carbons (Fsp3) is 0. The summed E-state index contributed by atoms with van der Waals surface area (Å²) < 4.78 is 0. The van der Waals surface area contributed by atoms with Gasteiger partial charge in [0.25, 0.3) is 0 Å². The molecule has 28 heavy (non-hydrogen) atoms. The van der Waals surface area contributed by atoms with Crippen LogP contribution in [-0.2, 0) is 0 Å². The highest BCUT2D eigenvalue weighted by atomic mass is 15.3. The molecule has 0 fully saturated rings. The maximum absolute atomic E-state index is 3.78. The molecule has 0 saturated heterocycles. The highest BCUT2D eigenvalue weighted by molar-refractivity contribution is 4.88. The Morgan fingerprint density at radius 1 is 0.357 bits per heavy atom. The Morgan fingerprint density at radius 3 is 0.929 bits per heavy atom. The average molecular weight is 377 g/mol. The Morgan fingerprint density at radius 2 is 0.786 bits per heavy atom. The van der Waals surface area contributed by atoms with Crippen molar-refractivity contribution >= 4 is 0 Å². The number of pyridine rings is 1. The zero-order valence-corrected chi connectivity index (χ0v) is 14.8. The van der Waals surface area contributed by atoms with E-state index < -0.39 is 0 Å². The molecule has 11 heteroatoms. The van der Waals surface area contributed by atoms with Crippen LogP contribution in [0.15, 0.2) is 105 Å². The molecule has 5 aromatic heterocycles. The second-order valence-corrected chi connectivity index (χ2v) is 4.16. The number of H-pyrrole nitrogens is 2. The second kappa shape index (κ2) is 18.9. The van der Waals surface area contributed by atoms with E-state index in [4.69, 9.17) is 0 Å². The first-order valence-corrected chi connectivity index (χ1v) is 7.86. The standard InChI is InChI=1S/C5H5N.2C4H4N2.2C2H3N3/c1-2-4-6-5-3-1;1-2-5-4-6-3-1;1-2-4-6-5-3-1;2*1-2-4-5-3-1/h1-5H;2*1-4H;2*1-2H,(H,3,4,5). The van der Waals surface area contributed by atoms with Gasteiger partial charge in [-0.1, -0.05) is 6.07 Å². The lowest BCUT2D eigenvalue weighted by Gasteiger charge is -1.70. The van der Waals surface area contributed by atoms with Gasteiger partial charge in [-0.05, 0) is 30.3 Å². The highest BCUT2D eigenvalue weighted by Crippen LogP contribution is 1.73. The Hall–Kier alpha value is -4.41. The zero-order chi connectivity index (χ0) is 19.8. The van der Waals surface area contributed by atoms with E-state index in [1.807, 2.05) is 30.3 Å². The minimum absolute atomic E-state index is 1.50. The fourth-order valence-electron chi connectivity index (χ4n) is 1.15. The molecule has 0 saturated carbocycles. The van der Waals surface area contributed by atoms with Crippen LogP contribution in [0.4, 0.5) is 0 Å². The van der Waals surface area contributed by atoms with Gasteiger partial charge in [0.05, 0.1) is 24.8 Å². The van der Waals surface area contributed by atoms with Gasteiger partial charge >= 0.3 is 0 Å². The summed E-state index contributed by atoms with van der Waals surface area (Å²) in [6.07, 6.45) is 18.0. The van der Waals surface area contributed by atoms with Crippen LogP contribution >= 0.6 is 0 Å². The van der Waals surface area contributed by atoms with E-state index >= 15 is 0 Å². The summed E-state index contributed by atoms with van der Waals surface area (Å²) in [5.74, 6) is 0. The van der Waals surface area contributed by atoms with Crippen molar-refractivity contribution in [1.82, 2.24) is 56.0 Å². The van der Waals surface area contributed by atoms with Crippen LogP contribution in [0.25, 0.3) is 0 Å². The Balaban J connectivity index is 0.000000175. The number of hydrogen-bond donors (Lipinski definition) is 2. The molecule has 142 valence electrons. The molecule has 0 aromatic carbocycles. The normalized spacial score (nSPS) is 8.00. The molecule has 0 unspecified atom stereocenters. The maximum Gasteiger partial charge on any atom is 0.115 e. The van der Waals surface area contributed by atoms with E-state index in [0.717, 1.165) is 0 Å². The largest absolute Gasteiger partial charge is 0.265 e.